The SMILES string of the molecule is COc1cc(C(F)F)c(C(=O)[O-])nn1. The number of rotatable bonds is 3. The number of carbonyl (C=O) groups excluding carboxylic acids is 1. The Labute approximate surface area is 77.3 Å². The lowest BCUT2D eigenvalue weighted by molar-refractivity contribution is -0.255. The highest BCUT2D eigenvalue weighted by Gasteiger charge is 2.17. The number of aromatic carboxylic acids is 1. The summed E-state index contributed by atoms with van der Waals surface area (Å²) in [6, 6.07) is 0.808. The van der Waals surface area contributed by atoms with E-state index in [0.29, 0.717) is 0 Å². The molecule has 0 unspecified atom stereocenters. The van der Waals surface area contributed by atoms with E-state index in [1.807, 2.05) is 0 Å². The highest BCUT2D eigenvalue weighted by Crippen LogP contribution is 2.23. The normalized spacial score (nSPS) is 10.3. The number of carbonyl (C=O) groups is 1. The molecule has 0 N–H and O–H groups in total. The number of halogens is 2. The topological polar surface area (TPSA) is 75.1 Å². The molecule has 0 amide bonds. The molecule has 0 atom stereocenters. The molecule has 1 heterocycles. The fraction of sp³-hybridized carbons (Fsp3) is 0.286. The Hall–Kier alpha value is -1.79. The van der Waals surface area contributed by atoms with Crippen LogP contribution in [-0.2, 0) is 0 Å². The molecule has 0 saturated carbocycles. The molecule has 1 aromatic rings. The van der Waals surface area contributed by atoms with Gasteiger partial charge in [0, 0.05) is 6.07 Å². The smallest absolute Gasteiger partial charge is 0.266 e. The van der Waals surface area contributed by atoms with Gasteiger partial charge in [0.25, 0.3) is 6.43 Å². The molecule has 5 nitrogen and oxygen atoms in total. The summed E-state index contributed by atoms with van der Waals surface area (Å²) in [6.45, 7) is 0. The third-order valence-electron chi connectivity index (χ3n) is 1.44. The number of methoxy groups -OCH3 is 1. The second-order valence-electron chi connectivity index (χ2n) is 2.28. The molecule has 0 saturated heterocycles. The molecule has 0 fully saturated rings. The Kier molecular flexibility index (Phi) is 2.90. The summed E-state index contributed by atoms with van der Waals surface area (Å²) in [5, 5.41) is 16.6. The van der Waals surface area contributed by atoms with Crippen molar-refractivity contribution in [1.29, 1.82) is 0 Å². The van der Waals surface area contributed by atoms with Crippen LogP contribution in [0.4, 0.5) is 8.78 Å². The second kappa shape index (κ2) is 3.95. The number of nitrogens with zero attached hydrogens (tertiary/aromatic N) is 2. The minimum Gasteiger partial charge on any atom is -0.543 e. The molecule has 1 aromatic heterocycles. The largest absolute Gasteiger partial charge is 0.543 e. The molecule has 0 aromatic carbocycles. The van der Waals surface area contributed by atoms with Crippen LogP contribution >= 0.6 is 0 Å². The van der Waals surface area contributed by atoms with Crippen LogP contribution in [0.3, 0.4) is 0 Å². The van der Waals surface area contributed by atoms with Crippen LogP contribution < -0.4 is 9.84 Å². The third-order valence-corrected chi connectivity index (χ3v) is 1.44. The highest BCUT2D eigenvalue weighted by atomic mass is 19.3. The molecule has 76 valence electrons. The van der Waals surface area contributed by atoms with E-state index in [4.69, 9.17) is 0 Å². The van der Waals surface area contributed by atoms with Gasteiger partial charge >= 0.3 is 0 Å². The van der Waals surface area contributed by atoms with E-state index in [2.05, 4.69) is 14.9 Å². The lowest BCUT2D eigenvalue weighted by Crippen LogP contribution is -2.26. The van der Waals surface area contributed by atoms with Crippen LogP contribution in [0, 0.1) is 0 Å². The number of aromatic nitrogens is 2. The molecular weight excluding hydrogens is 198 g/mol. The quantitative estimate of drug-likeness (QED) is 0.679. The number of carboxylic acids is 1. The first-order chi connectivity index (χ1) is 6.56. The first-order valence-electron chi connectivity index (χ1n) is 3.47. The van der Waals surface area contributed by atoms with Gasteiger partial charge in [-0.05, 0) is 0 Å². The van der Waals surface area contributed by atoms with Crippen LogP contribution in [0.15, 0.2) is 6.07 Å². The van der Waals surface area contributed by atoms with E-state index in [-0.39, 0.29) is 5.88 Å². The Balaban J connectivity index is 3.24. The maximum absolute atomic E-state index is 12.3. The van der Waals surface area contributed by atoms with Crippen molar-refractivity contribution in [3.8, 4) is 5.88 Å². The van der Waals surface area contributed by atoms with Crippen molar-refractivity contribution < 1.29 is 23.4 Å². The summed E-state index contributed by atoms with van der Waals surface area (Å²) in [5.41, 5.74) is -1.64. The maximum Gasteiger partial charge on any atom is 0.266 e. The molecule has 14 heavy (non-hydrogen) atoms. The van der Waals surface area contributed by atoms with Gasteiger partial charge in [0.2, 0.25) is 5.88 Å². The monoisotopic (exact) mass is 203 g/mol. The summed E-state index contributed by atoms with van der Waals surface area (Å²) in [7, 11) is 1.21. The minimum absolute atomic E-state index is 0.176. The van der Waals surface area contributed by atoms with E-state index in [0.717, 1.165) is 6.07 Å². The Morgan fingerprint density at radius 2 is 2.21 bits per heavy atom. The molecule has 0 aliphatic rings. The average molecular weight is 203 g/mol. The fourth-order valence-corrected chi connectivity index (χ4v) is 0.812. The molecule has 7 heteroatoms. The van der Waals surface area contributed by atoms with Crippen molar-refractivity contribution in [1.82, 2.24) is 10.2 Å². The zero-order valence-electron chi connectivity index (χ0n) is 7.03. The Bertz CT molecular complexity index is 357. The van der Waals surface area contributed by atoms with Gasteiger partial charge in [0.1, 0.15) is 5.69 Å². The minimum atomic E-state index is -2.97. The lowest BCUT2D eigenvalue weighted by Gasteiger charge is -2.08. The second-order valence-corrected chi connectivity index (χ2v) is 2.28. The summed E-state index contributed by atoms with van der Waals surface area (Å²) >= 11 is 0. The molecule has 1 rings (SSSR count). The summed E-state index contributed by atoms with van der Waals surface area (Å²) < 4.78 is 29.1. The van der Waals surface area contributed by atoms with Crippen molar-refractivity contribution >= 4 is 5.97 Å². The van der Waals surface area contributed by atoms with E-state index in [1.54, 1.807) is 0 Å². The Morgan fingerprint density at radius 1 is 1.57 bits per heavy atom. The lowest BCUT2D eigenvalue weighted by atomic mass is 10.2. The predicted octanol–water partition coefficient (Wildman–Crippen LogP) is -0.214. The number of hydrogen-bond donors (Lipinski definition) is 0. The number of alkyl halides is 2. The third kappa shape index (κ3) is 1.93. The van der Waals surface area contributed by atoms with Crippen LogP contribution in [-0.4, -0.2) is 23.3 Å². The van der Waals surface area contributed by atoms with Crippen molar-refractivity contribution in [2.24, 2.45) is 0 Å². The maximum atomic E-state index is 12.3. The van der Waals surface area contributed by atoms with E-state index in [1.165, 1.54) is 7.11 Å². The van der Waals surface area contributed by atoms with E-state index in [9.17, 15) is 18.7 Å². The number of carboxylic acid groups (broad SMARTS) is 1. The summed E-state index contributed by atoms with van der Waals surface area (Å²) in [6.07, 6.45) is -2.97. The molecule has 0 aliphatic heterocycles. The first kappa shape index (κ1) is 10.3. The van der Waals surface area contributed by atoms with Crippen LogP contribution in [0.1, 0.15) is 22.5 Å². The molecule has 0 spiro atoms. The van der Waals surface area contributed by atoms with E-state index < -0.39 is 23.7 Å². The van der Waals surface area contributed by atoms with Gasteiger partial charge in [-0.1, -0.05) is 0 Å². The van der Waals surface area contributed by atoms with E-state index >= 15 is 0 Å². The molecule has 0 bridgehead atoms. The molecular formula is C7H5F2N2O3-. The van der Waals surface area contributed by atoms with Gasteiger partial charge in [-0.2, -0.15) is 0 Å². The average Bonchev–Trinajstić information content (AvgIpc) is 2.16. The van der Waals surface area contributed by atoms with Crippen LogP contribution in [0.2, 0.25) is 0 Å². The van der Waals surface area contributed by atoms with Gasteiger partial charge in [-0.3, -0.25) is 0 Å². The fourth-order valence-electron chi connectivity index (χ4n) is 0.812. The predicted molar refractivity (Wildman–Crippen MR) is 37.9 cm³/mol. The van der Waals surface area contributed by atoms with Gasteiger partial charge in [-0.15, -0.1) is 10.2 Å². The van der Waals surface area contributed by atoms with Gasteiger partial charge in [0.05, 0.1) is 18.6 Å². The van der Waals surface area contributed by atoms with Crippen molar-refractivity contribution in [3.63, 3.8) is 0 Å². The van der Waals surface area contributed by atoms with Gasteiger partial charge in [0.15, 0.2) is 0 Å². The number of ether oxygens (including phenoxy) is 1. The zero-order valence-corrected chi connectivity index (χ0v) is 7.03. The van der Waals surface area contributed by atoms with Crippen molar-refractivity contribution in [3.05, 3.63) is 17.3 Å². The van der Waals surface area contributed by atoms with Crippen LogP contribution in [0.25, 0.3) is 0 Å². The highest BCUT2D eigenvalue weighted by molar-refractivity contribution is 5.85. The van der Waals surface area contributed by atoms with Gasteiger partial charge < -0.3 is 14.6 Å². The standard InChI is InChI=1S/C7H6F2N2O3/c1-14-4-2-3(6(8)9)5(7(12)13)11-10-4/h2,6H,1H3,(H,12,13)/p-1. The summed E-state index contributed by atoms with van der Waals surface area (Å²) in [5.74, 6) is -1.97. The molecule has 0 aliphatic carbocycles. The van der Waals surface area contributed by atoms with Crippen LogP contribution in [0.5, 0.6) is 5.88 Å². The zero-order chi connectivity index (χ0) is 10.7. The van der Waals surface area contributed by atoms with Gasteiger partial charge in [-0.25, -0.2) is 8.78 Å². The Morgan fingerprint density at radius 3 is 2.64 bits per heavy atom. The van der Waals surface area contributed by atoms with Crippen molar-refractivity contribution in [2.75, 3.05) is 7.11 Å². The molecule has 0 radical (unpaired) electrons. The van der Waals surface area contributed by atoms with Crippen molar-refractivity contribution in [2.45, 2.75) is 6.43 Å². The number of hydrogen-bond acceptors (Lipinski definition) is 5. The first-order valence-corrected chi connectivity index (χ1v) is 3.47. The summed E-state index contributed by atoms with van der Waals surface area (Å²) in [4.78, 5) is 10.3.